The monoisotopic (exact) mass is 345 g/mol. The Hall–Kier alpha value is -2.51. The van der Waals surface area contributed by atoms with Crippen LogP contribution >= 0.6 is 0 Å². The Kier molecular flexibility index (Phi) is 5.57. The zero-order valence-electron chi connectivity index (χ0n) is 14.4. The van der Waals surface area contributed by atoms with Gasteiger partial charge in [-0.05, 0) is 25.7 Å². The Balaban J connectivity index is 1.63. The highest BCUT2D eigenvalue weighted by Crippen LogP contribution is 2.14. The summed E-state index contributed by atoms with van der Waals surface area (Å²) in [6.45, 7) is 3.73. The molecule has 2 amide bonds. The molecular weight excluding hydrogens is 322 g/mol. The van der Waals surface area contributed by atoms with Crippen LogP contribution in [0.3, 0.4) is 0 Å². The van der Waals surface area contributed by atoms with E-state index in [1.165, 1.54) is 12.4 Å². The largest absolute Gasteiger partial charge is 0.390 e. The van der Waals surface area contributed by atoms with Crippen LogP contribution in [0.2, 0.25) is 0 Å². The predicted molar refractivity (Wildman–Crippen MR) is 91.3 cm³/mol. The average Bonchev–Trinajstić information content (AvgIpc) is 3.14. The van der Waals surface area contributed by atoms with Crippen molar-refractivity contribution in [2.45, 2.75) is 45.1 Å². The number of piperidine rings is 1. The summed E-state index contributed by atoms with van der Waals surface area (Å²) in [6, 6.07) is 0. The smallest absolute Gasteiger partial charge is 0.274 e. The molecule has 1 aromatic heterocycles. The topological polar surface area (TPSA) is 96.8 Å². The number of nitrogens with zero attached hydrogens (tertiary/aromatic N) is 4. The summed E-state index contributed by atoms with van der Waals surface area (Å²) in [5.41, 5.74) is 1.16. The summed E-state index contributed by atoms with van der Waals surface area (Å²) in [5, 5.41) is 6.74. The van der Waals surface area contributed by atoms with Crippen molar-refractivity contribution in [1.82, 2.24) is 20.2 Å². The maximum atomic E-state index is 12.7. The lowest BCUT2D eigenvalue weighted by Gasteiger charge is -2.26. The van der Waals surface area contributed by atoms with E-state index in [1.54, 1.807) is 4.90 Å². The van der Waals surface area contributed by atoms with Crippen molar-refractivity contribution in [3.8, 4) is 0 Å². The molecule has 0 spiro atoms. The van der Waals surface area contributed by atoms with Gasteiger partial charge in [0.05, 0.1) is 12.3 Å². The van der Waals surface area contributed by atoms with Crippen molar-refractivity contribution >= 4 is 17.5 Å². The second-order valence-corrected chi connectivity index (χ2v) is 6.26. The first kappa shape index (κ1) is 17.3. The molecule has 8 heteroatoms. The molecule has 134 valence electrons. The van der Waals surface area contributed by atoms with Crippen molar-refractivity contribution in [3.05, 3.63) is 23.8 Å². The summed E-state index contributed by atoms with van der Waals surface area (Å²) in [7, 11) is 0. The molecule has 0 bridgehead atoms. The lowest BCUT2D eigenvalue weighted by molar-refractivity contribution is 0.0702. The van der Waals surface area contributed by atoms with Crippen molar-refractivity contribution in [3.63, 3.8) is 0 Å². The second-order valence-electron chi connectivity index (χ2n) is 6.26. The summed E-state index contributed by atoms with van der Waals surface area (Å²) in [6.07, 6.45) is 7.32. The minimum Gasteiger partial charge on any atom is -0.390 e. The Morgan fingerprint density at radius 1 is 1.20 bits per heavy atom. The van der Waals surface area contributed by atoms with Crippen LogP contribution in [-0.4, -0.2) is 58.1 Å². The number of aromatic nitrogens is 2. The Bertz CT molecular complexity index is 670. The van der Waals surface area contributed by atoms with Gasteiger partial charge in [0, 0.05) is 31.9 Å². The fraction of sp³-hybridized carbons (Fsp3) is 0.588. The van der Waals surface area contributed by atoms with E-state index in [9.17, 15) is 9.59 Å². The highest BCUT2D eigenvalue weighted by atomic mass is 16.6. The van der Waals surface area contributed by atoms with E-state index in [-0.39, 0.29) is 23.4 Å². The van der Waals surface area contributed by atoms with E-state index >= 15 is 0 Å². The summed E-state index contributed by atoms with van der Waals surface area (Å²) < 4.78 is 0. The highest BCUT2D eigenvalue weighted by molar-refractivity contribution is 6.04. The van der Waals surface area contributed by atoms with E-state index in [0.717, 1.165) is 31.4 Å². The number of hydrogen-bond donors (Lipinski definition) is 1. The van der Waals surface area contributed by atoms with Gasteiger partial charge in [-0.25, -0.2) is 9.97 Å². The van der Waals surface area contributed by atoms with E-state index < -0.39 is 5.91 Å². The van der Waals surface area contributed by atoms with Crippen LogP contribution < -0.4 is 5.32 Å². The van der Waals surface area contributed by atoms with Gasteiger partial charge in [0.2, 0.25) is 0 Å². The Morgan fingerprint density at radius 2 is 1.92 bits per heavy atom. The summed E-state index contributed by atoms with van der Waals surface area (Å²) in [4.78, 5) is 40.4. The van der Waals surface area contributed by atoms with Crippen LogP contribution in [0.5, 0.6) is 0 Å². The van der Waals surface area contributed by atoms with Gasteiger partial charge < -0.3 is 15.1 Å². The molecule has 2 aliphatic heterocycles. The van der Waals surface area contributed by atoms with Crippen LogP contribution in [0.4, 0.5) is 0 Å². The van der Waals surface area contributed by atoms with E-state index in [4.69, 9.17) is 4.84 Å². The normalized spacial score (nSPS) is 20.0. The Morgan fingerprint density at radius 3 is 2.60 bits per heavy atom. The third kappa shape index (κ3) is 4.12. The number of rotatable bonds is 5. The summed E-state index contributed by atoms with van der Waals surface area (Å²) in [5.74, 6) is -0.645. The van der Waals surface area contributed by atoms with E-state index in [2.05, 4.69) is 20.4 Å². The molecule has 0 radical (unpaired) electrons. The molecule has 1 fully saturated rings. The van der Waals surface area contributed by atoms with Gasteiger partial charge in [0.1, 0.15) is 6.10 Å². The maximum absolute atomic E-state index is 12.7. The van der Waals surface area contributed by atoms with Gasteiger partial charge in [-0.2, -0.15) is 0 Å². The van der Waals surface area contributed by atoms with Crippen LogP contribution in [-0.2, 0) is 4.84 Å². The molecule has 1 atom stereocenters. The Labute approximate surface area is 146 Å². The molecule has 0 unspecified atom stereocenters. The fourth-order valence-corrected chi connectivity index (χ4v) is 3.00. The van der Waals surface area contributed by atoms with Crippen molar-refractivity contribution < 1.29 is 14.4 Å². The second kappa shape index (κ2) is 8.04. The summed E-state index contributed by atoms with van der Waals surface area (Å²) >= 11 is 0. The number of likely N-dealkylation sites (tertiary alicyclic amines) is 1. The first-order valence-corrected chi connectivity index (χ1v) is 8.79. The van der Waals surface area contributed by atoms with Gasteiger partial charge in [-0.1, -0.05) is 12.1 Å². The van der Waals surface area contributed by atoms with Crippen LogP contribution in [0.25, 0.3) is 0 Å². The van der Waals surface area contributed by atoms with E-state index in [0.29, 0.717) is 26.1 Å². The first-order chi connectivity index (χ1) is 12.2. The maximum Gasteiger partial charge on any atom is 0.274 e. The van der Waals surface area contributed by atoms with Crippen LogP contribution in [0.1, 0.15) is 60.0 Å². The zero-order valence-corrected chi connectivity index (χ0v) is 14.4. The van der Waals surface area contributed by atoms with Crippen molar-refractivity contribution in [2.24, 2.45) is 5.16 Å². The molecule has 8 nitrogen and oxygen atoms in total. The molecule has 25 heavy (non-hydrogen) atoms. The van der Waals surface area contributed by atoms with Gasteiger partial charge in [0.15, 0.2) is 11.4 Å². The fourth-order valence-electron chi connectivity index (χ4n) is 3.00. The average molecular weight is 345 g/mol. The quantitative estimate of drug-likeness (QED) is 0.870. The molecule has 1 saturated heterocycles. The van der Waals surface area contributed by atoms with Gasteiger partial charge >= 0.3 is 0 Å². The van der Waals surface area contributed by atoms with Crippen LogP contribution in [0.15, 0.2) is 17.5 Å². The van der Waals surface area contributed by atoms with Crippen molar-refractivity contribution in [1.29, 1.82) is 0 Å². The third-order valence-corrected chi connectivity index (χ3v) is 4.45. The highest BCUT2D eigenvalue weighted by Gasteiger charge is 2.27. The predicted octanol–water partition coefficient (Wildman–Crippen LogP) is 1.39. The lowest BCUT2D eigenvalue weighted by atomic mass is 10.1. The zero-order chi connectivity index (χ0) is 17.6. The minimum atomic E-state index is -0.415. The molecule has 0 saturated carbocycles. The molecule has 1 N–H and O–H groups in total. The third-order valence-electron chi connectivity index (χ3n) is 4.45. The SMILES string of the molecule is CCC1=NO[C@H](CNC(=O)c2nccnc2C(=O)N2CCCCC2)C1. The van der Waals surface area contributed by atoms with Gasteiger partial charge in [0.25, 0.3) is 11.8 Å². The molecule has 3 rings (SSSR count). The molecule has 1 aromatic rings. The molecular formula is C17H23N5O3. The minimum absolute atomic E-state index is 0.0627. The number of oxime groups is 1. The van der Waals surface area contributed by atoms with Crippen LogP contribution in [0, 0.1) is 0 Å². The first-order valence-electron chi connectivity index (χ1n) is 8.79. The van der Waals surface area contributed by atoms with Crippen molar-refractivity contribution in [2.75, 3.05) is 19.6 Å². The molecule has 3 heterocycles. The standard InChI is InChI=1S/C17H23N5O3/c1-2-12-10-13(25-21-12)11-20-16(23)14-15(19-7-6-18-14)17(24)22-8-4-3-5-9-22/h6-7,13H,2-5,8-11H2,1H3,(H,20,23)/t13-/m0/s1. The van der Waals surface area contributed by atoms with Gasteiger partial charge in [-0.15, -0.1) is 0 Å². The number of hydrogen-bond acceptors (Lipinski definition) is 6. The number of amides is 2. The van der Waals surface area contributed by atoms with E-state index in [1.807, 2.05) is 6.92 Å². The number of nitrogens with one attached hydrogen (secondary N) is 1. The lowest BCUT2D eigenvalue weighted by Crippen LogP contribution is -2.39. The number of carbonyl (C=O) groups excluding carboxylic acids is 2. The van der Waals surface area contributed by atoms with Gasteiger partial charge in [-0.3, -0.25) is 9.59 Å². The molecule has 0 aromatic carbocycles. The molecule has 0 aliphatic carbocycles. The number of carbonyl (C=O) groups is 2. The molecule has 2 aliphatic rings.